The number of piperazine rings is 1. The maximum Gasteiger partial charge on any atom is 0.387 e. The van der Waals surface area contributed by atoms with Gasteiger partial charge in [0, 0.05) is 53.7 Å². The first kappa shape index (κ1) is 41.5. The molecule has 3 amide bonds. The minimum absolute atomic E-state index is 0.127. The van der Waals surface area contributed by atoms with Crippen molar-refractivity contribution in [1.29, 1.82) is 0 Å². The van der Waals surface area contributed by atoms with Gasteiger partial charge in [-0.25, -0.2) is 14.5 Å². The number of alkyl halides is 2. The molecule has 0 spiro atoms. The Morgan fingerprint density at radius 2 is 1.72 bits per heavy atom. The number of nitrogens with one attached hydrogen (secondary N) is 1. The number of benzene rings is 4. The summed E-state index contributed by atoms with van der Waals surface area (Å²) < 4.78 is 57.4. The Morgan fingerprint density at radius 3 is 2.41 bits per heavy atom. The molecule has 3 aliphatic heterocycles. The summed E-state index contributed by atoms with van der Waals surface area (Å²) in [6, 6.07) is 27.3. The predicted molar refractivity (Wildman–Crippen MR) is 220 cm³/mol. The molecular formula is C44H44ClF2N7O7. The Morgan fingerprint density at radius 1 is 0.984 bits per heavy atom. The molecule has 3 atom stereocenters. The third-order valence-electron chi connectivity index (χ3n) is 10.9. The quantitative estimate of drug-likeness (QED) is 0.128. The third kappa shape index (κ3) is 9.26. The summed E-state index contributed by atoms with van der Waals surface area (Å²) in [4.78, 5) is 37.8. The number of anilines is 1. The molecule has 4 aromatic carbocycles. The lowest BCUT2D eigenvalue weighted by atomic mass is 9.92. The van der Waals surface area contributed by atoms with E-state index in [2.05, 4.69) is 20.3 Å². The van der Waals surface area contributed by atoms with Gasteiger partial charge in [-0.1, -0.05) is 54.1 Å². The molecule has 2 saturated heterocycles. The van der Waals surface area contributed by atoms with E-state index in [1.165, 1.54) is 36.5 Å². The second-order valence-electron chi connectivity index (χ2n) is 14.7. The van der Waals surface area contributed by atoms with E-state index in [0.717, 1.165) is 16.8 Å². The van der Waals surface area contributed by atoms with E-state index in [9.17, 15) is 18.4 Å². The van der Waals surface area contributed by atoms with Crippen LogP contribution in [0, 0.1) is 0 Å². The zero-order valence-corrected chi connectivity index (χ0v) is 34.2. The summed E-state index contributed by atoms with van der Waals surface area (Å²) in [6.45, 7) is 1.59. The lowest BCUT2D eigenvalue weighted by Gasteiger charge is -2.40. The van der Waals surface area contributed by atoms with Gasteiger partial charge in [0.05, 0.1) is 31.9 Å². The lowest BCUT2D eigenvalue weighted by molar-refractivity contribution is -0.190. The summed E-state index contributed by atoms with van der Waals surface area (Å²) in [5.74, 6) is -0.542. The number of urea groups is 1. The van der Waals surface area contributed by atoms with Crippen LogP contribution in [0.1, 0.15) is 29.7 Å². The lowest BCUT2D eigenvalue weighted by Crippen LogP contribution is -2.53. The molecule has 14 nitrogen and oxygen atoms in total. The van der Waals surface area contributed by atoms with Crippen molar-refractivity contribution in [1.82, 2.24) is 29.9 Å². The molecule has 61 heavy (non-hydrogen) atoms. The monoisotopic (exact) mass is 855 g/mol. The van der Waals surface area contributed by atoms with Crippen LogP contribution < -0.4 is 24.4 Å². The Hall–Kier alpha value is -6.23. The van der Waals surface area contributed by atoms with E-state index in [1.807, 2.05) is 66.7 Å². The molecule has 0 aliphatic carbocycles. The SMILES string of the molecule is COc1ccc(OC(F)F)cc1C1NC(=O)N(Cc2ccccc2)C(C)=C1C(=O)N1CCN(c2ccc(OC[C@H]3CO[C@](Cn4cncn4)(c4ccc(Cl)cc4)O3)cc2)CC1. The molecule has 3 aliphatic rings. The standard InChI is InChI=1S/C44H44ClF2N7O7/c1-29-39(40(37-22-35(60-42(46)47)16-17-38(37)57-2)50-43(56)54(29)23-30-6-4-3-5-7-30)41(55)52-20-18-51(19-21-52)33-12-14-34(15-13-33)58-24-36-25-59-44(61-36,26-53-28-48-27-49-53)31-8-10-32(45)11-9-31/h3-17,22,27-28,36,40,42H,18-21,23-26H2,1-2H3,(H,50,56)/t36-,40?,44-/m0/s1. The summed E-state index contributed by atoms with van der Waals surface area (Å²) >= 11 is 6.16. The fourth-order valence-electron chi connectivity index (χ4n) is 7.85. The van der Waals surface area contributed by atoms with Crippen LogP contribution in [0.5, 0.6) is 17.2 Å². The normalized spacial score (nSPS) is 20.6. The van der Waals surface area contributed by atoms with E-state index in [1.54, 1.807) is 35.0 Å². The number of rotatable bonds is 14. The number of aromatic nitrogens is 3. The minimum atomic E-state index is -3.07. The minimum Gasteiger partial charge on any atom is -0.496 e. The zero-order valence-electron chi connectivity index (χ0n) is 33.5. The number of methoxy groups -OCH3 is 1. The van der Waals surface area contributed by atoms with Crippen molar-refractivity contribution in [2.24, 2.45) is 0 Å². The number of amides is 3. The average Bonchev–Trinajstić information content (AvgIpc) is 3.95. The van der Waals surface area contributed by atoms with E-state index in [-0.39, 0.29) is 30.9 Å². The van der Waals surface area contributed by atoms with Crippen LogP contribution >= 0.6 is 11.6 Å². The van der Waals surface area contributed by atoms with Crippen molar-refractivity contribution in [2.75, 3.05) is 51.4 Å². The van der Waals surface area contributed by atoms with E-state index in [4.69, 9.17) is 35.3 Å². The van der Waals surface area contributed by atoms with E-state index < -0.39 is 24.5 Å². The molecule has 0 radical (unpaired) electrons. The summed E-state index contributed by atoms with van der Waals surface area (Å²) in [5.41, 5.74) is 3.70. The number of halogens is 3. The van der Waals surface area contributed by atoms with E-state index >= 15 is 0 Å². The van der Waals surface area contributed by atoms with Gasteiger partial charge in [0.15, 0.2) is 0 Å². The Labute approximate surface area is 356 Å². The second-order valence-corrected chi connectivity index (χ2v) is 15.2. The topological polar surface area (TPSA) is 133 Å². The maximum absolute atomic E-state index is 14.6. The van der Waals surface area contributed by atoms with Gasteiger partial charge in [0.25, 0.3) is 5.91 Å². The first-order valence-electron chi connectivity index (χ1n) is 19.7. The predicted octanol–water partition coefficient (Wildman–Crippen LogP) is 6.78. The van der Waals surface area contributed by atoms with Crippen LogP contribution in [-0.2, 0) is 33.1 Å². The molecule has 8 rings (SSSR count). The van der Waals surface area contributed by atoms with Crippen LogP contribution in [0.15, 0.2) is 121 Å². The van der Waals surface area contributed by atoms with Crippen LogP contribution in [0.3, 0.4) is 0 Å². The van der Waals surface area contributed by atoms with Crippen LogP contribution in [0.25, 0.3) is 0 Å². The second kappa shape index (κ2) is 18.2. The Bertz CT molecular complexity index is 2330. The number of carbonyl (C=O) groups excluding carboxylic acids is 2. The molecule has 1 aromatic heterocycles. The molecule has 1 unspecified atom stereocenters. The number of hydrogen-bond acceptors (Lipinski definition) is 10. The van der Waals surface area contributed by atoms with Crippen molar-refractivity contribution in [2.45, 2.75) is 44.6 Å². The Balaban J connectivity index is 0.936. The summed E-state index contributed by atoms with van der Waals surface area (Å²) in [7, 11) is 1.43. The van der Waals surface area contributed by atoms with Gasteiger partial charge in [0.1, 0.15) is 49.2 Å². The average molecular weight is 856 g/mol. The van der Waals surface area contributed by atoms with Gasteiger partial charge < -0.3 is 38.8 Å². The molecule has 4 heterocycles. The fourth-order valence-corrected chi connectivity index (χ4v) is 7.97. The van der Waals surface area contributed by atoms with Gasteiger partial charge in [-0.2, -0.15) is 13.9 Å². The highest BCUT2D eigenvalue weighted by atomic mass is 35.5. The number of ether oxygens (including phenoxy) is 5. The van der Waals surface area contributed by atoms with Gasteiger partial charge >= 0.3 is 12.6 Å². The molecule has 0 bridgehead atoms. The van der Waals surface area contributed by atoms with Crippen molar-refractivity contribution in [3.05, 3.63) is 143 Å². The van der Waals surface area contributed by atoms with Gasteiger partial charge in [-0.05, 0) is 67.1 Å². The molecular weight excluding hydrogens is 812 g/mol. The number of nitrogens with zero attached hydrogens (tertiary/aromatic N) is 6. The number of carbonyl (C=O) groups is 2. The maximum atomic E-state index is 14.6. The van der Waals surface area contributed by atoms with Crippen LogP contribution in [-0.4, -0.2) is 95.7 Å². The van der Waals surface area contributed by atoms with Gasteiger partial charge in [-0.15, -0.1) is 0 Å². The summed E-state index contributed by atoms with van der Waals surface area (Å²) in [5, 5.41) is 7.80. The van der Waals surface area contributed by atoms with Gasteiger partial charge in [0.2, 0.25) is 5.79 Å². The molecule has 5 aromatic rings. The van der Waals surface area contributed by atoms with Crippen molar-refractivity contribution in [3.63, 3.8) is 0 Å². The van der Waals surface area contributed by atoms with Crippen molar-refractivity contribution < 1.29 is 42.1 Å². The highest BCUT2D eigenvalue weighted by Gasteiger charge is 2.45. The van der Waals surface area contributed by atoms with Crippen molar-refractivity contribution >= 4 is 29.2 Å². The zero-order chi connectivity index (χ0) is 42.5. The molecule has 318 valence electrons. The molecule has 2 fully saturated rings. The number of allylic oxidation sites excluding steroid dienone is 1. The first-order chi connectivity index (χ1) is 29.6. The highest BCUT2D eigenvalue weighted by molar-refractivity contribution is 6.30. The molecule has 0 saturated carbocycles. The van der Waals surface area contributed by atoms with E-state index in [0.29, 0.717) is 72.7 Å². The van der Waals surface area contributed by atoms with Crippen LogP contribution in [0.4, 0.5) is 19.3 Å². The van der Waals surface area contributed by atoms with Crippen LogP contribution in [0.2, 0.25) is 5.02 Å². The molecule has 1 N–H and O–H groups in total. The fraction of sp³-hybridized carbons (Fsp3) is 0.318. The largest absolute Gasteiger partial charge is 0.496 e. The summed E-state index contributed by atoms with van der Waals surface area (Å²) in [6.07, 6.45) is 2.71. The number of hydrogen-bond donors (Lipinski definition) is 1. The van der Waals surface area contributed by atoms with Gasteiger partial charge in [-0.3, -0.25) is 9.69 Å². The Kier molecular flexibility index (Phi) is 12.4. The third-order valence-corrected chi connectivity index (χ3v) is 11.2. The first-order valence-corrected chi connectivity index (χ1v) is 20.1. The molecule has 17 heteroatoms. The highest BCUT2D eigenvalue weighted by Crippen LogP contribution is 2.40. The van der Waals surface area contributed by atoms with Crippen molar-refractivity contribution in [3.8, 4) is 17.2 Å². The smallest absolute Gasteiger partial charge is 0.387 e.